The van der Waals surface area contributed by atoms with Crippen LogP contribution in [-0.4, -0.2) is 56.4 Å². The molecule has 2 aromatic carbocycles. The third-order valence-electron chi connectivity index (χ3n) is 4.82. The number of unbranched alkanes of at least 4 members (excludes halogenated alkanes) is 1. The van der Waals surface area contributed by atoms with Crippen LogP contribution in [0.4, 0.5) is 11.4 Å². The van der Waals surface area contributed by atoms with Gasteiger partial charge >= 0.3 is 0 Å². The molecule has 0 atom stereocenters. The number of hydrogen-bond donors (Lipinski definition) is 7. The standard InChI is InChI=1S/C24H34N8O3/c25-10-1-2-11-28-12-5-13-29-22(34)17-6-3-9-20(14-17)32-23(35)18-7-4-8-19(15-18)31-21(33)16-30-24(26)27/h3-4,6-9,14-15,28H,1-2,5,10-13,16,25H2,(H,29,34)(H,31,33)(H,32,35)(H4,26,27,30). The summed E-state index contributed by atoms with van der Waals surface area (Å²) in [4.78, 5) is 40.7. The van der Waals surface area contributed by atoms with E-state index >= 15 is 0 Å². The van der Waals surface area contributed by atoms with Crippen LogP contribution in [-0.2, 0) is 4.79 Å². The van der Waals surface area contributed by atoms with Crippen molar-refractivity contribution >= 4 is 35.1 Å². The molecule has 0 aliphatic heterocycles. The highest BCUT2D eigenvalue weighted by molar-refractivity contribution is 6.06. The summed E-state index contributed by atoms with van der Waals surface area (Å²) in [7, 11) is 0. The van der Waals surface area contributed by atoms with Gasteiger partial charge in [0, 0.05) is 29.0 Å². The number of aliphatic imine (C=N–C) groups is 1. The Balaban J connectivity index is 1.86. The first-order chi connectivity index (χ1) is 16.9. The fraction of sp³-hybridized carbons (Fsp3) is 0.333. The number of nitrogens with zero attached hydrogens (tertiary/aromatic N) is 1. The van der Waals surface area contributed by atoms with Crippen molar-refractivity contribution in [2.24, 2.45) is 22.2 Å². The molecule has 2 aromatic rings. The number of carbonyl (C=O) groups is 3. The minimum absolute atomic E-state index is 0.185. The number of carbonyl (C=O) groups excluding carboxylic acids is 3. The molecule has 0 radical (unpaired) electrons. The van der Waals surface area contributed by atoms with Gasteiger partial charge in [0.05, 0.1) is 0 Å². The quantitative estimate of drug-likeness (QED) is 0.116. The highest BCUT2D eigenvalue weighted by atomic mass is 16.2. The summed E-state index contributed by atoms with van der Waals surface area (Å²) < 4.78 is 0. The van der Waals surface area contributed by atoms with Crippen molar-refractivity contribution in [3.05, 3.63) is 59.7 Å². The lowest BCUT2D eigenvalue weighted by Gasteiger charge is -2.10. The summed E-state index contributed by atoms with van der Waals surface area (Å²) in [6.07, 6.45) is 2.85. The minimum Gasteiger partial charge on any atom is -0.370 e. The molecular formula is C24H34N8O3. The number of nitrogens with one attached hydrogen (secondary N) is 4. The minimum atomic E-state index is -0.419. The van der Waals surface area contributed by atoms with Gasteiger partial charge in [0.15, 0.2) is 5.96 Å². The molecular weight excluding hydrogens is 448 g/mol. The number of rotatable bonds is 14. The predicted octanol–water partition coefficient (Wildman–Crippen LogP) is 0.599. The molecule has 11 heteroatoms. The first-order valence-electron chi connectivity index (χ1n) is 11.4. The van der Waals surface area contributed by atoms with Crippen molar-refractivity contribution in [2.45, 2.75) is 19.3 Å². The molecule has 0 fully saturated rings. The zero-order valence-corrected chi connectivity index (χ0v) is 19.7. The number of anilines is 2. The van der Waals surface area contributed by atoms with E-state index in [1.54, 1.807) is 42.5 Å². The van der Waals surface area contributed by atoms with Crippen LogP contribution in [0.1, 0.15) is 40.0 Å². The fourth-order valence-electron chi connectivity index (χ4n) is 3.08. The Morgan fingerprint density at radius 2 is 1.40 bits per heavy atom. The second-order valence-electron chi connectivity index (χ2n) is 7.76. The van der Waals surface area contributed by atoms with Crippen LogP contribution in [0.5, 0.6) is 0 Å². The third-order valence-corrected chi connectivity index (χ3v) is 4.82. The predicted molar refractivity (Wildman–Crippen MR) is 138 cm³/mol. The van der Waals surface area contributed by atoms with Crippen molar-refractivity contribution < 1.29 is 14.4 Å². The van der Waals surface area contributed by atoms with E-state index in [4.69, 9.17) is 17.2 Å². The lowest BCUT2D eigenvalue weighted by Crippen LogP contribution is -2.27. The maximum atomic E-state index is 12.7. The van der Waals surface area contributed by atoms with Crippen LogP contribution in [0, 0.1) is 0 Å². The second-order valence-corrected chi connectivity index (χ2v) is 7.76. The van der Waals surface area contributed by atoms with Gasteiger partial charge in [-0.1, -0.05) is 12.1 Å². The number of hydrogen-bond acceptors (Lipinski definition) is 6. The Hall–Kier alpha value is -3.96. The van der Waals surface area contributed by atoms with Crippen molar-refractivity contribution in [2.75, 3.05) is 43.4 Å². The van der Waals surface area contributed by atoms with E-state index in [9.17, 15) is 14.4 Å². The van der Waals surface area contributed by atoms with Crippen LogP contribution in [0.25, 0.3) is 0 Å². The van der Waals surface area contributed by atoms with E-state index in [0.717, 1.165) is 32.4 Å². The van der Waals surface area contributed by atoms with E-state index in [0.29, 0.717) is 35.6 Å². The first-order valence-corrected chi connectivity index (χ1v) is 11.4. The Morgan fingerprint density at radius 3 is 2.06 bits per heavy atom. The summed E-state index contributed by atoms with van der Waals surface area (Å²) in [5, 5.41) is 11.6. The lowest BCUT2D eigenvalue weighted by molar-refractivity contribution is -0.114. The van der Waals surface area contributed by atoms with E-state index in [-0.39, 0.29) is 24.3 Å². The maximum absolute atomic E-state index is 12.7. The molecule has 0 unspecified atom stereocenters. The fourth-order valence-corrected chi connectivity index (χ4v) is 3.08. The van der Waals surface area contributed by atoms with Crippen LogP contribution < -0.4 is 38.5 Å². The van der Waals surface area contributed by atoms with Gasteiger partial charge in [-0.05, 0) is 75.3 Å². The molecule has 0 aliphatic rings. The zero-order valence-electron chi connectivity index (χ0n) is 19.7. The van der Waals surface area contributed by atoms with Crippen molar-refractivity contribution in [3.8, 4) is 0 Å². The van der Waals surface area contributed by atoms with Crippen molar-refractivity contribution in [3.63, 3.8) is 0 Å². The smallest absolute Gasteiger partial charge is 0.255 e. The van der Waals surface area contributed by atoms with E-state index in [1.165, 1.54) is 6.07 Å². The number of benzene rings is 2. The molecule has 188 valence electrons. The van der Waals surface area contributed by atoms with Gasteiger partial charge in [-0.3, -0.25) is 14.4 Å². The molecule has 11 nitrogen and oxygen atoms in total. The normalized spacial score (nSPS) is 10.3. The van der Waals surface area contributed by atoms with E-state index in [1.807, 2.05) is 0 Å². The zero-order chi connectivity index (χ0) is 25.5. The molecule has 0 bridgehead atoms. The maximum Gasteiger partial charge on any atom is 0.255 e. The van der Waals surface area contributed by atoms with Gasteiger partial charge in [0.25, 0.3) is 11.8 Å². The number of amides is 3. The molecule has 35 heavy (non-hydrogen) atoms. The van der Waals surface area contributed by atoms with Gasteiger partial charge < -0.3 is 38.5 Å². The Morgan fingerprint density at radius 1 is 0.771 bits per heavy atom. The SMILES string of the molecule is NCCCCNCCCNC(=O)c1cccc(NC(=O)c2cccc(NC(=O)CN=C(N)N)c2)c1. The van der Waals surface area contributed by atoms with Gasteiger partial charge in [-0.25, -0.2) is 4.99 Å². The monoisotopic (exact) mass is 482 g/mol. The van der Waals surface area contributed by atoms with E-state index in [2.05, 4.69) is 26.3 Å². The van der Waals surface area contributed by atoms with Gasteiger partial charge in [-0.15, -0.1) is 0 Å². The molecule has 0 aromatic heterocycles. The average Bonchev–Trinajstić information content (AvgIpc) is 2.84. The Kier molecular flexibility index (Phi) is 11.7. The summed E-state index contributed by atoms with van der Waals surface area (Å²) in [5.41, 5.74) is 17.6. The number of nitrogens with two attached hydrogens (primary N) is 3. The van der Waals surface area contributed by atoms with Crippen LogP contribution in [0.15, 0.2) is 53.5 Å². The first kappa shape index (κ1) is 27.3. The lowest BCUT2D eigenvalue weighted by atomic mass is 10.1. The van der Waals surface area contributed by atoms with Crippen LogP contribution >= 0.6 is 0 Å². The molecule has 3 amide bonds. The molecule has 0 aliphatic carbocycles. The highest BCUT2D eigenvalue weighted by Crippen LogP contribution is 2.15. The topological polar surface area (TPSA) is 190 Å². The largest absolute Gasteiger partial charge is 0.370 e. The molecule has 0 saturated heterocycles. The van der Waals surface area contributed by atoms with Crippen molar-refractivity contribution in [1.82, 2.24) is 10.6 Å². The van der Waals surface area contributed by atoms with Crippen LogP contribution in [0.2, 0.25) is 0 Å². The van der Waals surface area contributed by atoms with E-state index < -0.39 is 5.91 Å². The summed E-state index contributed by atoms with van der Waals surface area (Å²) in [6.45, 7) is 2.75. The molecule has 0 heterocycles. The molecule has 0 saturated carbocycles. The summed E-state index contributed by atoms with van der Waals surface area (Å²) in [6, 6.07) is 13.1. The Labute approximate surface area is 204 Å². The number of guanidine groups is 1. The molecule has 2 rings (SSSR count). The van der Waals surface area contributed by atoms with Crippen molar-refractivity contribution in [1.29, 1.82) is 0 Å². The highest BCUT2D eigenvalue weighted by Gasteiger charge is 2.11. The van der Waals surface area contributed by atoms with Gasteiger partial charge in [0.2, 0.25) is 5.91 Å². The third kappa shape index (κ3) is 10.7. The van der Waals surface area contributed by atoms with Gasteiger partial charge in [0.1, 0.15) is 6.54 Å². The molecule has 0 spiro atoms. The summed E-state index contributed by atoms with van der Waals surface area (Å²) in [5.74, 6) is -1.20. The van der Waals surface area contributed by atoms with Crippen LogP contribution in [0.3, 0.4) is 0 Å². The molecule has 10 N–H and O–H groups in total. The summed E-state index contributed by atoms with van der Waals surface area (Å²) >= 11 is 0. The second kappa shape index (κ2) is 15.0. The van der Waals surface area contributed by atoms with Gasteiger partial charge in [-0.2, -0.15) is 0 Å². The Bertz CT molecular complexity index is 1020. The average molecular weight is 483 g/mol.